The Morgan fingerprint density at radius 1 is 0.861 bits per heavy atom. The number of piperazine rings is 1. The van der Waals surface area contributed by atoms with E-state index in [1.54, 1.807) is 47.4 Å². The molecule has 0 N–H and O–H groups in total. The normalized spacial score (nSPS) is 16.3. The predicted octanol–water partition coefficient (Wildman–Crippen LogP) is 6.11. The van der Waals surface area contributed by atoms with Crippen LogP contribution in [-0.2, 0) is 0 Å². The molecule has 1 amide bonds. The molecule has 3 aromatic rings. The van der Waals surface area contributed by atoms with Gasteiger partial charge in [0.1, 0.15) is 11.4 Å². The summed E-state index contributed by atoms with van der Waals surface area (Å²) in [6.45, 7) is 3.95. The van der Waals surface area contributed by atoms with E-state index in [1.165, 1.54) is 0 Å². The fourth-order valence-electron chi connectivity index (χ4n) is 4.86. The molecule has 0 saturated carbocycles. The summed E-state index contributed by atoms with van der Waals surface area (Å²) in [6.07, 6.45) is 3.24. The fourth-order valence-corrected chi connectivity index (χ4v) is 5.36. The molecule has 0 radical (unpaired) electrons. The molecule has 1 aromatic heterocycles. The molecular weight excluding hydrogens is 503 g/mol. The lowest BCUT2D eigenvalue weighted by Gasteiger charge is -2.36. The van der Waals surface area contributed by atoms with Gasteiger partial charge in [0.25, 0.3) is 11.6 Å². The fraction of sp³-hybridized carbons (Fsp3) is 0.346. The number of hydrogen-bond acceptors (Lipinski definition) is 6. The monoisotopic (exact) mass is 528 g/mol. The van der Waals surface area contributed by atoms with Crippen molar-refractivity contribution >= 4 is 46.2 Å². The summed E-state index contributed by atoms with van der Waals surface area (Å²) in [5.74, 6) is 0.589. The first-order chi connectivity index (χ1) is 17.4. The molecular formula is C26H26Cl2N4O4. The molecule has 2 fully saturated rings. The third kappa shape index (κ3) is 5.01. The van der Waals surface area contributed by atoms with Crippen molar-refractivity contribution in [1.82, 2.24) is 4.90 Å². The minimum absolute atomic E-state index is 0.142. The SMILES string of the molecule is O=C(c1ccc(-c2ccc(Cl)cc2Cl)o1)N1CCN(c2ccc([N+](=O)[O-])c(N3CCCCC3)c2)CC1. The van der Waals surface area contributed by atoms with Crippen LogP contribution in [0.1, 0.15) is 29.8 Å². The van der Waals surface area contributed by atoms with E-state index in [4.69, 9.17) is 27.6 Å². The van der Waals surface area contributed by atoms with Crippen LogP contribution in [0.25, 0.3) is 11.3 Å². The van der Waals surface area contributed by atoms with Gasteiger partial charge in [-0.25, -0.2) is 0 Å². The molecule has 5 rings (SSSR count). The number of piperidine rings is 1. The minimum Gasteiger partial charge on any atom is -0.451 e. The van der Waals surface area contributed by atoms with Crippen molar-refractivity contribution in [3.05, 3.63) is 74.5 Å². The van der Waals surface area contributed by atoms with Gasteiger partial charge in [-0.05, 0) is 61.7 Å². The highest BCUT2D eigenvalue weighted by atomic mass is 35.5. The average molecular weight is 529 g/mol. The number of nitrogens with zero attached hydrogens (tertiary/aromatic N) is 4. The molecule has 0 spiro atoms. The lowest BCUT2D eigenvalue weighted by molar-refractivity contribution is -0.384. The van der Waals surface area contributed by atoms with E-state index < -0.39 is 0 Å². The van der Waals surface area contributed by atoms with Gasteiger partial charge in [0, 0.05) is 61.6 Å². The second kappa shape index (κ2) is 10.4. The van der Waals surface area contributed by atoms with Crippen molar-refractivity contribution in [2.75, 3.05) is 49.1 Å². The molecule has 0 aliphatic carbocycles. The van der Waals surface area contributed by atoms with Crippen molar-refractivity contribution in [1.29, 1.82) is 0 Å². The molecule has 188 valence electrons. The van der Waals surface area contributed by atoms with E-state index in [0.29, 0.717) is 53.2 Å². The maximum atomic E-state index is 13.1. The number of nitro benzene ring substituents is 1. The zero-order chi connectivity index (χ0) is 25.2. The Morgan fingerprint density at radius 2 is 1.61 bits per heavy atom. The summed E-state index contributed by atoms with van der Waals surface area (Å²) in [7, 11) is 0. The van der Waals surface area contributed by atoms with Crippen molar-refractivity contribution in [3.63, 3.8) is 0 Å². The first-order valence-corrected chi connectivity index (χ1v) is 12.8. The van der Waals surface area contributed by atoms with E-state index >= 15 is 0 Å². The summed E-state index contributed by atoms with van der Waals surface area (Å²) in [4.78, 5) is 30.5. The standard InChI is InChI=1S/C26H26Cl2N4O4/c27-18-4-6-20(21(28)16-18)24-8-9-25(36-24)26(33)31-14-12-29(13-15-31)19-5-7-22(32(34)35)23(17-19)30-10-2-1-3-11-30/h4-9,16-17H,1-3,10-15H2. The van der Waals surface area contributed by atoms with Crippen LogP contribution in [0.2, 0.25) is 10.0 Å². The molecule has 0 atom stereocenters. The molecule has 3 heterocycles. The van der Waals surface area contributed by atoms with Gasteiger partial charge in [0.15, 0.2) is 5.76 Å². The maximum absolute atomic E-state index is 13.1. The van der Waals surface area contributed by atoms with E-state index in [0.717, 1.165) is 38.0 Å². The summed E-state index contributed by atoms with van der Waals surface area (Å²) in [6, 6.07) is 13.8. The first-order valence-electron chi connectivity index (χ1n) is 12.0. The van der Waals surface area contributed by atoms with Crippen molar-refractivity contribution in [2.45, 2.75) is 19.3 Å². The summed E-state index contributed by atoms with van der Waals surface area (Å²) in [5.41, 5.74) is 2.43. The van der Waals surface area contributed by atoms with Crippen LogP contribution < -0.4 is 9.80 Å². The van der Waals surface area contributed by atoms with Gasteiger partial charge in [-0.3, -0.25) is 14.9 Å². The zero-order valence-corrected chi connectivity index (χ0v) is 21.2. The zero-order valence-electron chi connectivity index (χ0n) is 19.7. The average Bonchev–Trinajstić information content (AvgIpc) is 3.38. The van der Waals surface area contributed by atoms with Gasteiger partial charge in [-0.1, -0.05) is 23.2 Å². The number of anilines is 2. The summed E-state index contributed by atoms with van der Waals surface area (Å²) >= 11 is 12.3. The Balaban J connectivity index is 1.27. The number of benzene rings is 2. The number of rotatable bonds is 5. The van der Waals surface area contributed by atoms with Crippen molar-refractivity contribution in [3.8, 4) is 11.3 Å². The Hall–Kier alpha value is -3.23. The van der Waals surface area contributed by atoms with Gasteiger partial charge in [-0.2, -0.15) is 0 Å². The van der Waals surface area contributed by atoms with Gasteiger partial charge in [-0.15, -0.1) is 0 Å². The minimum atomic E-state index is -0.306. The van der Waals surface area contributed by atoms with Crippen LogP contribution >= 0.6 is 23.2 Å². The Morgan fingerprint density at radius 3 is 2.31 bits per heavy atom. The third-order valence-corrected chi connectivity index (χ3v) is 7.35. The van der Waals surface area contributed by atoms with Crippen LogP contribution in [0.3, 0.4) is 0 Å². The van der Waals surface area contributed by atoms with Gasteiger partial charge >= 0.3 is 0 Å². The molecule has 2 saturated heterocycles. The molecule has 8 nitrogen and oxygen atoms in total. The van der Waals surface area contributed by atoms with Crippen LogP contribution in [0, 0.1) is 10.1 Å². The van der Waals surface area contributed by atoms with E-state index in [1.807, 2.05) is 6.07 Å². The van der Waals surface area contributed by atoms with E-state index in [2.05, 4.69) is 9.80 Å². The highest BCUT2D eigenvalue weighted by Gasteiger charge is 2.27. The molecule has 2 aromatic carbocycles. The van der Waals surface area contributed by atoms with Crippen LogP contribution in [0.5, 0.6) is 0 Å². The molecule has 0 unspecified atom stereocenters. The number of halogens is 2. The Bertz CT molecular complexity index is 1280. The van der Waals surface area contributed by atoms with Gasteiger partial charge in [0.2, 0.25) is 0 Å². The summed E-state index contributed by atoms with van der Waals surface area (Å²) in [5, 5.41) is 12.6. The first kappa shape index (κ1) is 24.5. The number of nitro groups is 1. The lowest BCUT2D eigenvalue weighted by Crippen LogP contribution is -2.48. The molecule has 2 aliphatic heterocycles. The van der Waals surface area contributed by atoms with Crippen molar-refractivity contribution in [2.24, 2.45) is 0 Å². The Labute approximate surface area is 219 Å². The molecule has 2 aliphatic rings. The highest BCUT2D eigenvalue weighted by Crippen LogP contribution is 2.35. The lowest BCUT2D eigenvalue weighted by atomic mass is 10.1. The third-order valence-electron chi connectivity index (χ3n) is 6.80. The molecule has 0 bridgehead atoms. The topological polar surface area (TPSA) is 83.1 Å². The number of amides is 1. The number of carbonyl (C=O) groups is 1. The van der Waals surface area contributed by atoms with Crippen LogP contribution in [0.4, 0.5) is 17.1 Å². The molecule has 10 heteroatoms. The molecule has 36 heavy (non-hydrogen) atoms. The number of furan rings is 1. The maximum Gasteiger partial charge on any atom is 0.292 e. The van der Waals surface area contributed by atoms with Crippen LogP contribution in [0.15, 0.2) is 52.9 Å². The number of hydrogen-bond donors (Lipinski definition) is 0. The van der Waals surface area contributed by atoms with Crippen LogP contribution in [-0.4, -0.2) is 55.0 Å². The van der Waals surface area contributed by atoms with Gasteiger partial charge in [0.05, 0.1) is 9.95 Å². The van der Waals surface area contributed by atoms with E-state index in [-0.39, 0.29) is 22.3 Å². The van der Waals surface area contributed by atoms with Gasteiger partial charge < -0.3 is 19.1 Å². The quantitative estimate of drug-likeness (QED) is 0.293. The summed E-state index contributed by atoms with van der Waals surface area (Å²) < 4.78 is 5.83. The highest BCUT2D eigenvalue weighted by molar-refractivity contribution is 6.36. The smallest absolute Gasteiger partial charge is 0.292 e. The predicted molar refractivity (Wildman–Crippen MR) is 141 cm³/mol. The second-order valence-corrected chi connectivity index (χ2v) is 9.89. The van der Waals surface area contributed by atoms with Crippen molar-refractivity contribution < 1.29 is 14.1 Å². The van der Waals surface area contributed by atoms with E-state index in [9.17, 15) is 14.9 Å². The largest absolute Gasteiger partial charge is 0.451 e. The Kier molecular flexibility index (Phi) is 7.07. The number of carbonyl (C=O) groups excluding carboxylic acids is 1. The second-order valence-electron chi connectivity index (χ2n) is 9.05.